The van der Waals surface area contributed by atoms with Crippen LogP contribution in [0.15, 0.2) is 24.3 Å². The van der Waals surface area contributed by atoms with Crippen LogP contribution < -0.4 is 10.1 Å². The highest BCUT2D eigenvalue weighted by molar-refractivity contribution is 5.27. The molecule has 1 aliphatic heterocycles. The number of benzene rings is 1. The second kappa shape index (κ2) is 5.72. The highest BCUT2D eigenvalue weighted by atomic mass is 16.5. The first kappa shape index (κ1) is 13.4. The molecule has 2 rings (SSSR count). The molecule has 0 bridgehead atoms. The number of nitrogens with one attached hydrogen (secondary N) is 1. The SMILES string of the molecule is CC(C)(C)NCc1ccc(OC2CCOC2)cc1. The average molecular weight is 249 g/mol. The number of hydrogen-bond donors (Lipinski definition) is 1. The molecule has 100 valence electrons. The second-order valence-electron chi connectivity index (χ2n) is 5.85. The molecule has 18 heavy (non-hydrogen) atoms. The largest absolute Gasteiger partial charge is 0.488 e. The summed E-state index contributed by atoms with van der Waals surface area (Å²) >= 11 is 0. The summed E-state index contributed by atoms with van der Waals surface area (Å²) in [6.07, 6.45) is 1.22. The predicted molar refractivity (Wildman–Crippen MR) is 72.9 cm³/mol. The molecule has 1 fully saturated rings. The minimum Gasteiger partial charge on any atom is -0.488 e. The van der Waals surface area contributed by atoms with Crippen molar-refractivity contribution in [2.45, 2.75) is 45.4 Å². The van der Waals surface area contributed by atoms with Crippen LogP contribution in [0.2, 0.25) is 0 Å². The molecule has 1 atom stereocenters. The average Bonchev–Trinajstić information content (AvgIpc) is 2.80. The smallest absolute Gasteiger partial charge is 0.124 e. The molecule has 1 aliphatic rings. The van der Waals surface area contributed by atoms with Crippen molar-refractivity contribution in [1.29, 1.82) is 0 Å². The van der Waals surface area contributed by atoms with Gasteiger partial charge in [0, 0.05) is 18.5 Å². The van der Waals surface area contributed by atoms with Crippen molar-refractivity contribution >= 4 is 0 Å². The van der Waals surface area contributed by atoms with Gasteiger partial charge in [0.2, 0.25) is 0 Å². The molecular weight excluding hydrogens is 226 g/mol. The molecule has 0 radical (unpaired) electrons. The van der Waals surface area contributed by atoms with E-state index >= 15 is 0 Å². The topological polar surface area (TPSA) is 30.5 Å². The van der Waals surface area contributed by atoms with Crippen molar-refractivity contribution < 1.29 is 9.47 Å². The quantitative estimate of drug-likeness (QED) is 0.890. The Hall–Kier alpha value is -1.06. The second-order valence-corrected chi connectivity index (χ2v) is 5.85. The van der Waals surface area contributed by atoms with Gasteiger partial charge in [-0.1, -0.05) is 12.1 Å². The van der Waals surface area contributed by atoms with E-state index < -0.39 is 0 Å². The Morgan fingerprint density at radius 1 is 1.28 bits per heavy atom. The molecule has 1 N–H and O–H groups in total. The van der Waals surface area contributed by atoms with Crippen molar-refractivity contribution in [3.63, 3.8) is 0 Å². The lowest BCUT2D eigenvalue weighted by molar-refractivity contribution is 0.141. The van der Waals surface area contributed by atoms with Crippen LogP contribution in [-0.4, -0.2) is 24.9 Å². The molecule has 1 unspecified atom stereocenters. The molecule has 3 nitrogen and oxygen atoms in total. The monoisotopic (exact) mass is 249 g/mol. The maximum Gasteiger partial charge on any atom is 0.124 e. The van der Waals surface area contributed by atoms with E-state index in [9.17, 15) is 0 Å². The Kier molecular flexibility index (Phi) is 4.25. The normalized spacial score (nSPS) is 20.1. The first-order valence-electron chi connectivity index (χ1n) is 6.61. The standard InChI is InChI=1S/C15H23NO2/c1-15(2,3)16-10-12-4-6-13(7-5-12)18-14-8-9-17-11-14/h4-7,14,16H,8-11H2,1-3H3. The molecule has 0 aromatic heterocycles. The van der Waals surface area contributed by atoms with Crippen LogP contribution in [0.5, 0.6) is 5.75 Å². The van der Waals surface area contributed by atoms with Crippen molar-refractivity contribution in [3.05, 3.63) is 29.8 Å². The van der Waals surface area contributed by atoms with Gasteiger partial charge in [-0.05, 0) is 38.5 Å². The van der Waals surface area contributed by atoms with Gasteiger partial charge < -0.3 is 14.8 Å². The van der Waals surface area contributed by atoms with Gasteiger partial charge in [0.05, 0.1) is 13.2 Å². The first-order chi connectivity index (χ1) is 8.53. The van der Waals surface area contributed by atoms with E-state index in [4.69, 9.17) is 9.47 Å². The molecule has 0 amide bonds. The number of hydrogen-bond acceptors (Lipinski definition) is 3. The van der Waals surface area contributed by atoms with Gasteiger partial charge in [-0.2, -0.15) is 0 Å². The van der Waals surface area contributed by atoms with Crippen LogP contribution in [-0.2, 0) is 11.3 Å². The van der Waals surface area contributed by atoms with E-state index in [1.807, 2.05) is 12.1 Å². The Morgan fingerprint density at radius 2 is 2.00 bits per heavy atom. The summed E-state index contributed by atoms with van der Waals surface area (Å²) in [7, 11) is 0. The van der Waals surface area contributed by atoms with Crippen molar-refractivity contribution in [3.8, 4) is 5.75 Å². The van der Waals surface area contributed by atoms with Gasteiger partial charge in [-0.25, -0.2) is 0 Å². The first-order valence-corrected chi connectivity index (χ1v) is 6.61. The van der Waals surface area contributed by atoms with Crippen LogP contribution >= 0.6 is 0 Å². The number of ether oxygens (including phenoxy) is 2. The molecule has 0 saturated carbocycles. The van der Waals surface area contributed by atoms with E-state index in [2.05, 4.69) is 38.2 Å². The summed E-state index contributed by atoms with van der Waals surface area (Å²) in [6.45, 7) is 8.93. The summed E-state index contributed by atoms with van der Waals surface area (Å²) in [5.74, 6) is 0.935. The minimum atomic E-state index is 0.149. The highest BCUT2D eigenvalue weighted by Gasteiger charge is 2.16. The van der Waals surface area contributed by atoms with Crippen molar-refractivity contribution in [2.75, 3.05) is 13.2 Å². The molecular formula is C15H23NO2. The molecule has 3 heteroatoms. The van der Waals surface area contributed by atoms with Gasteiger partial charge in [0.1, 0.15) is 11.9 Å². The third kappa shape index (κ3) is 4.31. The van der Waals surface area contributed by atoms with E-state index in [1.54, 1.807) is 0 Å². The third-order valence-electron chi connectivity index (χ3n) is 2.94. The maximum atomic E-state index is 5.83. The molecule has 0 aliphatic carbocycles. The minimum absolute atomic E-state index is 0.149. The summed E-state index contributed by atoms with van der Waals surface area (Å²) in [4.78, 5) is 0. The van der Waals surface area contributed by atoms with Gasteiger partial charge >= 0.3 is 0 Å². The molecule has 1 heterocycles. The molecule has 0 spiro atoms. The van der Waals surface area contributed by atoms with Crippen molar-refractivity contribution in [1.82, 2.24) is 5.32 Å². The highest BCUT2D eigenvalue weighted by Crippen LogP contribution is 2.17. The van der Waals surface area contributed by atoms with Gasteiger partial charge in [0.25, 0.3) is 0 Å². The molecule has 1 aromatic carbocycles. The summed E-state index contributed by atoms with van der Waals surface area (Å²) < 4.78 is 11.1. The summed E-state index contributed by atoms with van der Waals surface area (Å²) in [5.41, 5.74) is 1.43. The van der Waals surface area contributed by atoms with Gasteiger partial charge in [-0.15, -0.1) is 0 Å². The predicted octanol–water partition coefficient (Wildman–Crippen LogP) is 2.74. The van der Waals surface area contributed by atoms with Crippen molar-refractivity contribution in [2.24, 2.45) is 0 Å². The Labute approximate surface area is 109 Å². The van der Waals surface area contributed by atoms with Gasteiger partial charge in [-0.3, -0.25) is 0 Å². The lowest BCUT2D eigenvalue weighted by Gasteiger charge is -2.20. The summed E-state index contributed by atoms with van der Waals surface area (Å²) in [5, 5.41) is 3.47. The van der Waals surface area contributed by atoms with E-state index in [1.165, 1.54) is 5.56 Å². The van der Waals surface area contributed by atoms with Gasteiger partial charge in [0.15, 0.2) is 0 Å². The number of rotatable bonds is 4. The zero-order chi connectivity index (χ0) is 13.0. The van der Waals surface area contributed by atoms with Crippen LogP contribution in [0.25, 0.3) is 0 Å². The fourth-order valence-electron chi connectivity index (χ4n) is 1.85. The Morgan fingerprint density at radius 3 is 2.56 bits per heavy atom. The lowest BCUT2D eigenvalue weighted by Crippen LogP contribution is -2.35. The zero-order valence-corrected chi connectivity index (χ0v) is 11.5. The van der Waals surface area contributed by atoms with Crippen LogP contribution in [0.4, 0.5) is 0 Å². The molecule has 1 aromatic rings. The lowest BCUT2D eigenvalue weighted by atomic mass is 10.1. The summed E-state index contributed by atoms with van der Waals surface area (Å²) in [6, 6.07) is 8.31. The van der Waals surface area contributed by atoms with E-state index in [0.29, 0.717) is 6.61 Å². The van der Waals surface area contributed by atoms with Crippen LogP contribution in [0.3, 0.4) is 0 Å². The zero-order valence-electron chi connectivity index (χ0n) is 11.5. The van der Waals surface area contributed by atoms with Crippen LogP contribution in [0.1, 0.15) is 32.8 Å². The van der Waals surface area contributed by atoms with E-state index in [0.717, 1.165) is 25.3 Å². The maximum absolute atomic E-state index is 5.83. The fraction of sp³-hybridized carbons (Fsp3) is 0.600. The Bertz CT molecular complexity index is 361. The third-order valence-corrected chi connectivity index (χ3v) is 2.94. The van der Waals surface area contributed by atoms with E-state index in [-0.39, 0.29) is 11.6 Å². The van der Waals surface area contributed by atoms with Crippen LogP contribution in [0, 0.1) is 0 Å². The Balaban J connectivity index is 1.85. The fourth-order valence-corrected chi connectivity index (χ4v) is 1.85. The molecule has 1 saturated heterocycles.